The molecule has 0 saturated heterocycles. The predicted molar refractivity (Wildman–Crippen MR) is 60.5 cm³/mol. The molecule has 0 fully saturated rings. The van der Waals surface area contributed by atoms with Crippen LogP contribution in [0.1, 0.15) is 18.1 Å². The first-order valence-corrected chi connectivity index (χ1v) is 5.18. The summed E-state index contributed by atoms with van der Waals surface area (Å²) in [5.74, 6) is 0.164. The minimum absolute atomic E-state index is 0.0882. The number of nitrogens with zero attached hydrogens (tertiary/aromatic N) is 1. The SMILES string of the molecule is CCc1cc2cccc(C(F)(F)F)c2nc1N. The summed E-state index contributed by atoms with van der Waals surface area (Å²) >= 11 is 0. The number of hydrogen-bond acceptors (Lipinski definition) is 2. The molecule has 90 valence electrons. The van der Waals surface area contributed by atoms with Gasteiger partial charge >= 0.3 is 6.18 Å². The van der Waals surface area contributed by atoms with E-state index in [4.69, 9.17) is 5.73 Å². The molecule has 1 heterocycles. The van der Waals surface area contributed by atoms with Crippen molar-refractivity contribution in [2.45, 2.75) is 19.5 Å². The molecule has 5 heteroatoms. The second-order valence-corrected chi connectivity index (χ2v) is 3.76. The highest BCUT2D eigenvalue weighted by molar-refractivity contribution is 5.84. The number of rotatable bonds is 1. The van der Waals surface area contributed by atoms with Crippen molar-refractivity contribution < 1.29 is 13.2 Å². The largest absolute Gasteiger partial charge is 0.418 e. The van der Waals surface area contributed by atoms with Crippen molar-refractivity contribution in [1.82, 2.24) is 4.98 Å². The molecule has 2 N–H and O–H groups in total. The number of halogens is 3. The molecule has 0 saturated carbocycles. The smallest absolute Gasteiger partial charge is 0.383 e. The lowest BCUT2D eigenvalue weighted by atomic mass is 10.1. The minimum Gasteiger partial charge on any atom is -0.383 e. The molecule has 0 bridgehead atoms. The van der Waals surface area contributed by atoms with Crippen molar-refractivity contribution in [3.63, 3.8) is 0 Å². The summed E-state index contributed by atoms with van der Waals surface area (Å²) in [5, 5.41) is 0.464. The van der Waals surface area contributed by atoms with Crippen molar-refractivity contribution in [1.29, 1.82) is 0 Å². The highest BCUT2D eigenvalue weighted by Crippen LogP contribution is 2.34. The van der Waals surface area contributed by atoms with E-state index in [-0.39, 0.29) is 11.3 Å². The van der Waals surface area contributed by atoms with Crippen LogP contribution in [0.15, 0.2) is 24.3 Å². The maximum atomic E-state index is 12.8. The first-order chi connectivity index (χ1) is 7.93. The van der Waals surface area contributed by atoms with E-state index in [0.29, 0.717) is 11.8 Å². The topological polar surface area (TPSA) is 38.9 Å². The van der Waals surface area contributed by atoms with Gasteiger partial charge in [0, 0.05) is 5.39 Å². The lowest BCUT2D eigenvalue weighted by Gasteiger charge is -2.11. The van der Waals surface area contributed by atoms with E-state index in [1.54, 1.807) is 12.1 Å². The highest BCUT2D eigenvalue weighted by atomic mass is 19.4. The van der Waals surface area contributed by atoms with E-state index < -0.39 is 11.7 Å². The number of nitrogens with two attached hydrogens (primary N) is 1. The van der Waals surface area contributed by atoms with Crippen molar-refractivity contribution in [3.8, 4) is 0 Å². The number of aromatic nitrogens is 1. The Kier molecular flexibility index (Phi) is 2.69. The summed E-state index contributed by atoms with van der Waals surface area (Å²) in [4.78, 5) is 3.87. The van der Waals surface area contributed by atoms with Crippen molar-refractivity contribution in [2.24, 2.45) is 0 Å². The zero-order valence-electron chi connectivity index (χ0n) is 9.17. The fourth-order valence-corrected chi connectivity index (χ4v) is 1.77. The molecule has 0 amide bonds. The molecule has 2 aromatic rings. The van der Waals surface area contributed by atoms with Crippen LogP contribution < -0.4 is 5.73 Å². The summed E-state index contributed by atoms with van der Waals surface area (Å²) in [5.41, 5.74) is 5.56. The first-order valence-electron chi connectivity index (χ1n) is 5.18. The quantitative estimate of drug-likeness (QED) is 0.829. The van der Waals surface area contributed by atoms with Gasteiger partial charge in [-0.25, -0.2) is 4.98 Å². The second kappa shape index (κ2) is 3.91. The van der Waals surface area contributed by atoms with Gasteiger partial charge in [-0.3, -0.25) is 0 Å². The van der Waals surface area contributed by atoms with Crippen LogP contribution in [0.5, 0.6) is 0 Å². The maximum Gasteiger partial charge on any atom is 0.418 e. The Hall–Kier alpha value is -1.78. The van der Waals surface area contributed by atoms with Crippen molar-refractivity contribution >= 4 is 16.7 Å². The molecule has 0 aliphatic carbocycles. The molecule has 0 unspecified atom stereocenters. The third-order valence-electron chi connectivity index (χ3n) is 2.64. The Bertz CT molecular complexity index is 561. The monoisotopic (exact) mass is 240 g/mol. The maximum absolute atomic E-state index is 12.8. The van der Waals surface area contributed by atoms with E-state index in [2.05, 4.69) is 4.98 Å². The molecule has 1 aromatic heterocycles. The van der Waals surface area contributed by atoms with Crippen LogP contribution in [0.4, 0.5) is 19.0 Å². The van der Waals surface area contributed by atoms with E-state index in [1.165, 1.54) is 6.07 Å². The molecule has 0 aliphatic rings. The zero-order valence-corrected chi connectivity index (χ0v) is 9.17. The van der Waals surface area contributed by atoms with Crippen molar-refractivity contribution in [2.75, 3.05) is 5.73 Å². The molecule has 0 atom stereocenters. The average Bonchev–Trinajstić information content (AvgIpc) is 2.26. The van der Waals surface area contributed by atoms with Crippen molar-refractivity contribution in [3.05, 3.63) is 35.4 Å². The molecular formula is C12H11F3N2. The number of fused-ring (bicyclic) bond motifs is 1. The van der Waals surface area contributed by atoms with Gasteiger partial charge in [0.05, 0.1) is 11.1 Å². The van der Waals surface area contributed by atoms with Gasteiger partial charge in [-0.15, -0.1) is 0 Å². The number of benzene rings is 1. The van der Waals surface area contributed by atoms with Crippen LogP contribution in [0.25, 0.3) is 10.9 Å². The minimum atomic E-state index is -4.41. The average molecular weight is 240 g/mol. The Morgan fingerprint density at radius 1 is 1.29 bits per heavy atom. The van der Waals surface area contributed by atoms with E-state index in [0.717, 1.165) is 11.6 Å². The van der Waals surface area contributed by atoms with Crippen LogP contribution in [-0.4, -0.2) is 4.98 Å². The Morgan fingerprint density at radius 2 is 2.00 bits per heavy atom. The molecule has 0 aliphatic heterocycles. The third kappa shape index (κ3) is 2.05. The van der Waals surface area contributed by atoms with Gasteiger partial charge in [0.25, 0.3) is 0 Å². The summed E-state index contributed by atoms with van der Waals surface area (Å²) in [6, 6.07) is 5.66. The molecule has 17 heavy (non-hydrogen) atoms. The number of aryl methyl sites for hydroxylation is 1. The van der Waals surface area contributed by atoms with Crippen LogP contribution in [0, 0.1) is 0 Å². The normalized spacial score (nSPS) is 12.0. The molecular weight excluding hydrogens is 229 g/mol. The van der Waals surface area contributed by atoms with Gasteiger partial charge in [0.2, 0.25) is 0 Å². The number of pyridine rings is 1. The lowest BCUT2D eigenvalue weighted by molar-refractivity contribution is -0.136. The van der Waals surface area contributed by atoms with Gasteiger partial charge in [0.15, 0.2) is 0 Å². The van der Waals surface area contributed by atoms with Crippen LogP contribution in [-0.2, 0) is 12.6 Å². The fraction of sp³-hybridized carbons (Fsp3) is 0.250. The predicted octanol–water partition coefficient (Wildman–Crippen LogP) is 3.40. The standard InChI is InChI=1S/C12H11F3N2/c1-2-7-6-8-4-3-5-9(12(13,14)15)10(8)17-11(7)16/h3-6H,2H2,1H3,(H2,16,17). The Morgan fingerprint density at radius 3 is 2.59 bits per heavy atom. The molecule has 2 rings (SSSR count). The number of hydrogen-bond donors (Lipinski definition) is 1. The summed E-state index contributed by atoms with van der Waals surface area (Å²) in [6.07, 6.45) is -3.77. The van der Waals surface area contributed by atoms with E-state index >= 15 is 0 Å². The Balaban J connectivity index is 2.78. The number of nitrogen functional groups attached to an aromatic ring is 1. The number of para-hydroxylation sites is 1. The van der Waals surface area contributed by atoms with Crippen LogP contribution >= 0.6 is 0 Å². The lowest BCUT2D eigenvalue weighted by Crippen LogP contribution is -2.08. The summed E-state index contributed by atoms with van der Waals surface area (Å²) in [7, 11) is 0. The van der Waals surface area contributed by atoms with Gasteiger partial charge in [-0.2, -0.15) is 13.2 Å². The first kappa shape index (κ1) is 11.7. The molecule has 1 aromatic carbocycles. The van der Waals surface area contributed by atoms with Gasteiger partial charge in [-0.1, -0.05) is 19.1 Å². The summed E-state index contributed by atoms with van der Waals surface area (Å²) < 4.78 is 38.3. The summed E-state index contributed by atoms with van der Waals surface area (Å²) in [6.45, 7) is 1.88. The molecule has 0 spiro atoms. The fourth-order valence-electron chi connectivity index (χ4n) is 1.77. The van der Waals surface area contributed by atoms with Crippen LogP contribution in [0.3, 0.4) is 0 Å². The van der Waals surface area contributed by atoms with Gasteiger partial charge in [-0.05, 0) is 24.1 Å². The highest BCUT2D eigenvalue weighted by Gasteiger charge is 2.33. The molecule has 0 radical (unpaired) electrons. The zero-order chi connectivity index (χ0) is 12.6. The molecule has 2 nitrogen and oxygen atoms in total. The van der Waals surface area contributed by atoms with Gasteiger partial charge in [0.1, 0.15) is 5.82 Å². The number of alkyl halides is 3. The van der Waals surface area contributed by atoms with Crippen LogP contribution in [0.2, 0.25) is 0 Å². The van der Waals surface area contributed by atoms with E-state index in [1.807, 2.05) is 6.92 Å². The van der Waals surface area contributed by atoms with Gasteiger partial charge < -0.3 is 5.73 Å². The second-order valence-electron chi connectivity index (χ2n) is 3.76. The number of anilines is 1. The Labute approximate surface area is 96.3 Å². The third-order valence-corrected chi connectivity index (χ3v) is 2.64. The van der Waals surface area contributed by atoms with E-state index in [9.17, 15) is 13.2 Å².